The lowest BCUT2D eigenvalue weighted by molar-refractivity contribution is 0.923. The van der Waals surface area contributed by atoms with Crippen LogP contribution in [0.4, 0.5) is 5.82 Å². The van der Waals surface area contributed by atoms with Gasteiger partial charge in [0, 0.05) is 9.86 Å². The highest BCUT2D eigenvalue weighted by molar-refractivity contribution is 9.10. The molecule has 0 fully saturated rings. The minimum absolute atomic E-state index is 0.218. The minimum Gasteiger partial charge on any atom is -0.376 e. The number of hydrogen-bond acceptors (Lipinski definition) is 2. The number of halogens is 1. The predicted molar refractivity (Wildman–Crippen MR) is 78.2 cm³/mol. The molecule has 0 unspecified atom stereocenters. The summed E-state index contributed by atoms with van der Waals surface area (Å²) in [4.78, 5) is 0. The average molecular weight is 313 g/mol. The maximum absolute atomic E-state index is 5.46. The lowest BCUT2D eigenvalue weighted by Gasteiger charge is -2.03. The molecule has 2 rings (SSSR count). The highest BCUT2D eigenvalue weighted by Gasteiger charge is 2.10. The first-order valence-electron chi connectivity index (χ1n) is 5.34. The van der Waals surface area contributed by atoms with Crippen LogP contribution in [-0.2, 0) is 6.42 Å². The Hall–Kier alpha value is -1.14. The molecule has 0 saturated carbocycles. The zero-order valence-electron chi connectivity index (χ0n) is 9.38. The molecule has 0 radical (unpaired) electrons. The van der Waals surface area contributed by atoms with Crippen molar-refractivity contribution in [2.75, 3.05) is 5.32 Å². The predicted octanol–water partition coefficient (Wildman–Crippen LogP) is 2.93. The number of thiocarbonyl (C=S) groups is 1. The van der Waals surface area contributed by atoms with Crippen LogP contribution in [0.25, 0.3) is 10.9 Å². The number of rotatable bonds is 3. The van der Waals surface area contributed by atoms with E-state index < -0.39 is 0 Å². The Balaban J connectivity index is 2.53. The standard InChI is InChI=1S/C11H13BrN4S/c1-2-3-6-4-7-9(8(12)5-6)15-16-10(7)14-11(13)17/h4-5H,2-3H2,1H3,(H4,13,14,15,16,17). The van der Waals surface area contributed by atoms with Crippen molar-refractivity contribution >= 4 is 50.0 Å². The number of nitrogens with two attached hydrogens (primary N) is 1. The molecule has 0 atom stereocenters. The summed E-state index contributed by atoms with van der Waals surface area (Å²) < 4.78 is 1.00. The van der Waals surface area contributed by atoms with E-state index in [1.165, 1.54) is 5.56 Å². The third-order valence-electron chi connectivity index (χ3n) is 2.46. The molecule has 0 spiro atoms. The summed E-state index contributed by atoms with van der Waals surface area (Å²) in [7, 11) is 0. The summed E-state index contributed by atoms with van der Waals surface area (Å²) in [6.07, 6.45) is 2.14. The van der Waals surface area contributed by atoms with Gasteiger partial charge in [-0.05, 0) is 52.3 Å². The van der Waals surface area contributed by atoms with Crippen molar-refractivity contribution in [2.45, 2.75) is 19.8 Å². The molecule has 0 saturated heterocycles. The number of aromatic amines is 1. The van der Waals surface area contributed by atoms with Crippen molar-refractivity contribution in [3.63, 3.8) is 0 Å². The van der Waals surface area contributed by atoms with Gasteiger partial charge in [-0.1, -0.05) is 13.3 Å². The van der Waals surface area contributed by atoms with E-state index in [1.807, 2.05) is 0 Å². The molecule has 90 valence electrons. The second kappa shape index (κ2) is 5.01. The number of benzene rings is 1. The molecule has 4 nitrogen and oxygen atoms in total. The zero-order valence-corrected chi connectivity index (χ0v) is 11.8. The number of fused-ring (bicyclic) bond motifs is 1. The van der Waals surface area contributed by atoms with E-state index in [4.69, 9.17) is 18.0 Å². The second-order valence-corrected chi connectivity index (χ2v) is 5.11. The number of aromatic nitrogens is 2. The van der Waals surface area contributed by atoms with Crippen LogP contribution in [0.5, 0.6) is 0 Å². The van der Waals surface area contributed by atoms with E-state index in [0.29, 0.717) is 5.82 Å². The number of anilines is 1. The first kappa shape index (κ1) is 12.3. The van der Waals surface area contributed by atoms with Crippen molar-refractivity contribution < 1.29 is 0 Å². The lowest BCUT2D eigenvalue weighted by atomic mass is 10.1. The molecule has 6 heteroatoms. The van der Waals surface area contributed by atoms with Gasteiger partial charge >= 0.3 is 0 Å². The number of aryl methyl sites for hydroxylation is 1. The molecule has 1 aromatic carbocycles. The summed E-state index contributed by atoms with van der Waals surface area (Å²) in [6.45, 7) is 2.15. The molecule has 2 aromatic rings. The Morgan fingerprint density at radius 1 is 1.59 bits per heavy atom. The summed E-state index contributed by atoms with van der Waals surface area (Å²) in [5.41, 5.74) is 7.68. The smallest absolute Gasteiger partial charge is 0.169 e. The van der Waals surface area contributed by atoms with E-state index >= 15 is 0 Å². The number of nitrogens with zero attached hydrogens (tertiary/aromatic N) is 1. The van der Waals surface area contributed by atoms with Crippen LogP contribution in [0.2, 0.25) is 0 Å². The Kier molecular flexibility index (Phi) is 3.63. The first-order valence-corrected chi connectivity index (χ1v) is 6.55. The van der Waals surface area contributed by atoms with Crippen LogP contribution < -0.4 is 11.1 Å². The monoisotopic (exact) mass is 312 g/mol. The van der Waals surface area contributed by atoms with Gasteiger partial charge in [-0.15, -0.1) is 0 Å². The van der Waals surface area contributed by atoms with Crippen LogP contribution in [-0.4, -0.2) is 15.3 Å². The zero-order chi connectivity index (χ0) is 12.4. The normalized spacial score (nSPS) is 10.7. The fourth-order valence-corrected chi connectivity index (χ4v) is 2.47. The molecule has 0 aliphatic carbocycles. The third kappa shape index (κ3) is 2.58. The average Bonchev–Trinajstić information content (AvgIpc) is 2.62. The molecular weight excluding hydrogens is 300 g/mol. The van der Waals surface area contributed by atoms with Crippen molar-refractivity contribution in [3.05, 3.63) is 22.2 Å². The molecule has 0 aliphatic rings. The molecular formula is C11H13BrN4S. The lowest BCUT2D eigenvalue weighted by Crippen LogP contribution is -2.19. The molecule has 4 N–H and O–H groups in total. The van der Waals surface area contributed by atoms with Crippen LogP contribution in [0, 0.1) is 0 Å². The molecule has 1 aromatic heterocycles. The highest BCUT2D eigenvalue weighted by atomic mass is 79.9. The van der Waals surface area contributed by atoms with Crippen molar-refractivity contribution in [1.29, 1.82) is 0 Å². The van der Waals surface area contributed by atoms with Gasteiger partial charge in [0.2, 0.25) is 0 Å². The Morgan fingerprint density at radius 3 is 3.00 bits per heavy atom. The van der Waals surface area contributed by atoms with E-state index in [2.05, 4.69) is 50.5 Å². The Morgan fingerprint density at radius 2 is 2.35 bits per heavy atom. The van der Waals surface area contributed by atoms with Gasteiger partial charge in [0.1, 0.15) is 0 Å². The minimum atomic E-state index is 0.218. The fraction of sp³-hybridized carbons (Fsp3) is 0.273. The molecule has 0 bridgehead atoms. The molecule has 0 amide bonds. The highest BCUT2D eigenvalue weighted by Crippen LogP contribution is 2.29. The molecule has 0 aliphatic heterocycles. The summed E-state index contributed by atoms with van der Waals surface area (Å²) in [6, 6.07) is 4.21. The summed E-state index contributed by atoms with van der Waals surface area (Å²) in [5.74, 6) is 0.672. The van der Waals surface area contributed by atoms with Crippen molar-refractivity contribution in [3.8, 4) is 0 Å². The SMILES string of the molecule is CCCc1cc(Br)c2[nH]nc(NC(N)=S)c2c1. The van der Waals surface area contributed by atoms with Gasteiger partial charge in [-0.3, -0.25) is 5.10 Å². The van der Waals surface area contributed by atoms with Crippen molar-refractivity contribution in [2.24, 2.45) is 5.73 Å². The van der Waals surface area contributed by atoms with E-state index in [-0.39, 0.29) is 5.11 Å². The van der Waals surface area contributed by atoms with Gasteiger partial charge in [0.05, 0.1) is 5.52 Å². The van der Waals surface area contributed by atoms with Gasteiger partial charge in [0.25, 0.3) is 0 Å². The Bertz CT molecular complexity index is 564. The van der Waals surface area contributed by atoms with Gasteiger partial charge < -0.3 is 11.1 Å². The quantitative estimate of drug-likeness (QED) is 0.762. The van der Waals surface area contributed by atoms with Gasteiger partial charge in [0.15, 0.2) is 10.9 Å². The van der Waals surface area contributed by atoms with Crippen LogP contribution >= 0.6 is 28.1 Å². The number of nitrogens with one attached hydrogen (secondary N) is 2. The maximum atomic E-state index is 5.46. The van der Waals surface area contributed by atoms with Gasteiger partial charge in [-0.2, -0.15) is 5.10 Å². The largest absolute Gasteiger partial charge is 0.376 e. The molecule has 17 heavy (non-hydrogen) atoms. The topological polar surface area (TPSA) is 66.7 Å². The van der Waals surface area contributed by atoms with Crippen molar-refractivity contribution in [1.82, 2.24) is 10.2 Å². The summed E-state index contributed by atoms with van der Waals surface area (Å²) >= 11 is 8.36. The maximum Gasteiger partial charge on any atom is 0.169 e. The van der Waals surface area contributed by atoms with E-state index in [0.717, 1.165) is 28.2 Å². The van der Waals surface area contributed by atoms with E-state index in [1.54, 1.807) is 0 Å². The first-order chi connectivity index (χ1) is 8.11. The number of H-pyrrole nitrogens is 1. The van der Waals surface area contributed by atoms with Crippen LogP contribution in [0.15, 0.2) is 16.6 Å². The van der Waals surface area contributed by atoms with Gasteiger partial charge in [-0.25, -0.2) is 0 Å². The van der Waals surface area contributed by atoms with Crippen LogP contribution in [0.1, 0.15) is 18.9 Å². The second-order valence-electron chi connectivity index (χ2n) is 3.81. The van der Waals surface area contributed by atoms with E-state index in [9.17, 15) is 0 Å². The van der Waals surface area contributed by atoms with Crippen LogP contribution in [0.3, 0.4) is 0 Å². The fourth-order valence-electron chi connectivity index (χ4n) is 1.78. The molecule has 1 heterocycles. The number of hydrogen-bond donors (Lipinski definition) is 3. The summed E-state index contributed by atoms with van der Waals surface area (Å²) in [5, 5.41) is 11.2. The third-order valence-corrected chi connectivity index (χ3v) is 3.19. The Labute approximate surface area is 113 Å².